The molecule has 0 spiro atoms. The van der Waals surface area contributed by atoms with Gasteiger partial charge >= 0.3 is 0 Å². The van der Waals surface area contributed by atoms with Crippen LogP contribution in [-0.4, -0.2) is 5.78 Å². The van der Waals surface area contributed by atoms with Crippen molar-refractivity contribution < 1.29 is 4.79 Å². The lowest BCUT2D eigenvalue weighted by Gasteiger charge is -2.04. The molecule has 1 aromatic carbocycles. The minimum atomic E-state index is 0.0618. The average Bonchev–Trinajstić information content (AvgIpc) is 2.38. The highest BCUT2D eigenvalue weighted by molar-refractivity contribution is 6.05. The number of allylic oxidation sites excluding steroid dienone is 6. The molecule has 0 aromatic heterocycles. The maximum Gasteiger partial charge on any atom is 0.186 e. The smallest absolute Gasteiger partial charge is 0.186 e. The number of carbonyl (C=O) groups is 1. The van der Waals surface area contributed by atoms with E-state index in [1.807, 2.05) is 57.2 Å². The fourth-order valence-corrected chi connectivity index (χ4v) is 1.80. The average molecular weight is 268 g/mol. The Morgan fingerprint density at radius 1 is 1.15 bits per heavy atom. The minimum Gasteiger partial charge on any atom is -0.289 e. The summed E-state index contributed by atoms with van der Waals surface area (Å²) in [5, 5.41) is 0. The van der Waals surface area contributed by atoms with Gasteiger partial charge in [0.05, 0.1) is 0 Å². The zero-order valence-electron chi connectivity index (χ0n) is 13.1. The molecule has 0 radical (unpaired) electrons. The van der Waals surface area contributed by atoms with E-state index in [0.717, 1.165) is 22.3 Å². The number of benzene rings is 1. The van der Waals surface area contributed by atoms with Gasteiger partial charge in [0.25, 0.3) is 0 Å². The first kappa shape index (κ1) is 16.2. The molecule has 1 rings (SSSR count). The molecule has 0 aliphatic rings. The van der Waals surface area contributed by atoms with Crippen LogP contribution in [0.5, 0.6) is 0 Å². The number of ketones is 1. The first-order chi connectivity index (χ1) is 9.41. The fourth-order valence-electron chi connectivity index (χ4n) is 1.80. The summed E-state index contributed by atoms with van der Waals surface area (Å²) in [7, 11) is 0. The molecule has 1 aromatic rings. The second-order valence-corrected chi connectivity index (χ2v) is 5.48. The third-order valence-electron chi connectivity index (χ3n) is 3.22. The highest BCUT2D eigenvalue weighted by Gasteiger charge is 2.06. The monoisotopic (exact) mass is 268 g/mol. The van der Waals surface area contributed by atoms with E-state index >= 15 is 0 Å². The SMILES string of the molecule is CC(/C=C/C(=O)c1cccc(C)c1C)=C\C=C\C(C)C. The molecule has 0 N–H and O–H groups in total. The van der Waals surface area contributed by atoms with Crippen molar-refractivity contribution in [2.45, 2.75) is 34.6 Å². The van der Waals surface area contributed by atoms with Crippen molar-refractivity contribution in [1.82, 2.24) is 0 Å². The lowest BCUT2D eigenvalue weighted by Crippen LogP contribution is -1.99. The standard InChI is InChI=1S/C19H24O/c1-14(2)8-6-9-15(3)12-13-19(20)18-11-7-10-16(4)17(18)5/h6-14H,1-5H3/b8-6+,13-12+,15-9+. The van der Waals surface area contributed by atoms with Gasteiger partial charge in [-0.1, -0.05) is 61.9 Å². The minimum absolute atomic E-state index is 0.0618. The van der Waals surface area contributed by atoms with E-state index in [1.54, 1.807) is 6.08 Å². The molecule has 1 nitrogen and oxygen atoms in total. The topological polar surface area (TPSA) is 17.1 Å². The molecule has 0 aliphatic heterocycles. The number of hydrogen-bond acceptors (Lipinski definition) is 1. The largest absolute Gasteiger partial charge is 0.289 e. The molecular weight excluding hydrogens is 244 g/mol. The molecule has 106 valence electrons. The van der Waals surface area contributed by atoms with Crippen molar-refractivity contribution in [1.29, 1.82) is 0 Å². The van der Waals surface area contributed by atoms with Crippen molar-refractivity contribution in [2.75, 3.05) is 0 Å². The number of aryl methyl sites for hydroxylation is 1. The highest BCUT2D eigenvalue weighted by Crippen LogP contribution is 2.14. The van der Waals surface area contributed by atoms with Crippen LogP contribution in [0.4, 0.5) is 0 Å². The number of hydrogen-bond donors (Lipinski definition) is 0. The molecule has 0 unspecified atom stereocenters. The van der Waals surface area contributed by atoms with Gasteiger partial charge in [0.1, 0.15) is 0 Å². The van der Waals surface area contributed by atoms with Gasteiger partial charge in [-0.25, -0.2) is 0 Å². The Hall–Kier alpha value is -1.89. The van der Waals surface area contributed by atoms with E-state index in [9.17, 15) is 4.79 Å². The Morgan fingerprint density at radius 3 is 2.50 bits per heavy atom. The lowest BCUT2D eigenvalue weighted by molar-refractivity contribution is 0.104. The van der Waals surface area contributed by atoms with E-state index < -0.39 is 0 Å². The Kier molecular flexibility index (Phi) is 6.17. The van der Waals surface area contributed by atoms with Crippen LogP contribution in [-0.2, 0) is 0 Å². The zero-order chi connectivity index (χ0) is 15.1. The third kappa shape index (κ3) is 5.00. The number of carbonyl (C=O) groups excluding carboxylic acids is 1. The maximum absolute atomic E-state index is 12.2. The Labute approximate surface area is 122 Å². The van der Waals surface area contributed by atoms with Gasteiger partial charge < -0.3 is 0 Å². The summed E-state index contributed by atoms with van der Waals surface area (Å²) in [6.45, 7) is 10.3. The van der Waals surface area contributed by atoms with Gasteiger partial charge in [-0.2, -0.15) is 0 Å². The van der Waals surface area contributed by atoms with Crippen LogP contribution in [0.2, 0.25) is 0 Å². The van der Waals surface area contributed by atoms with Crippen LogP contribution in [0.25, 0.3) is 0 Å². The van der Waals surface area contributed by atoms with E-state index in [1.165, 1.54) is 0 Å². The van der Waals surface area contributed by atoms with Gasteiger partial charge in [-0.05, 0) is 43.9 Å². The van der Waals surface area contributed by atoms with Crippen molar-refractivity contribution >= 4 is 5.78 Å². The van der Waals surface area contributed by atoms with Gasteiger partial charge in [-0.3, -0.25) is 4.79 Å². The maximum atomic E-state index is 12.2. The normalized spacial score (nSPS) is 12.8. The summed E-state index contributed by atoms with van der Waals surface area (Å²) in [6, 6.07) is 5.84. The fraction of sp³-hybridized carbons (Fsp3) is 0.316. The molecule has 0 saturated carbocycles. The van der Waals surface area contributed by atoms with Crippen LogP contribution in [0.3, 0.4) is 0 Å². The predicted molar refractivity (Wildman–Crippen MR) is 87.1 cm³/mol. The molecule has 1 heteroatoms. The lowest BCUT2D eigenvalue weighted by atomic mass is 10.00. The van der Waals surface area contributed by atoms with Gasteiger partial charge in [-0.15, -0.1) is 0 Å². The molecule has 0 heterocycles. The summed E-state index contributed by atoms with van der Waals surface area (Å²) in [5.74, 6) is 0.603. The number of rotatable bonds is 5. The van der Waals surface area contributed by atoms with Gasteiger partial charge in [0.2, 0.25) is 0 Å². The second kappa shape index (κ2) is 7.64. The summed E-state index contributed by atoms with van der Waals surface area (Å²) in [5.41, 5.74) is 4.06. The van der Waals surface area contributed by atoms with Crippen LogP contribution >= 0.6 is 0 Å². The Bertz CT molecular complexity index is 557. The van der Waals surface area contributed by atoms with Crippen molar-refractivity contribution in [3.8, 4) is 0 Å². The van der Waals surface area contributed by atoms with Crippen molar-refractivity contribution in [2.24, 2.45) is 5.92 Å². The van der Waals surface area contributed by atoms with E-state index in [2.05, 4.69) is 19.9 Å². The second-order valence-electron chi connectivity index (χ2n) is 5.48. The summed E-state index contributed by atoms with van der Waals surface area (Å²) in [4.78, 5) is 12.2. The summed E-state index contributed by atoms with van der Waals surface area (Å²) < 4.78 is 0. The molecule has 20 heavy (non-hydrogen) atoms. The van der Waals surface area contributed by atoms with Gasteiger partial charge in [0, 0.05) is 5.56 Å². The summed E-state index contributed by atoms with van der Waals surface area (Å²) >= 11 is 0. The van der Waals surface area contributed by atoms with Crippen LogP contribution < -0.4 is 0 Å². The van der Waals surface area contributed by atoms with Crippen LogP contribution in [0.15, 0.2) is 54.2 Å². The van der Waals surface area contributed by atoms with Crippen LogP contribution in [0, 0.1) is 19.8 Å². The van der Waals surface area contributed by atoms with E-state index in [-0.39, 0.29) is 5.78 Å². The summed E-state index contributed by atoms with van der Waals surface area (Å²) in [6.07, 6.45) is 9.70. The highest BCUT2D eigenvalue weighted by atomic mass is 16.1. The van der Waals surface area contributed by atoms with Crippen LogP contribution in [0.1, 0.15) is 42.3 Å². The molecule has 0 fully saturated rings. The molecule has 0 aliphatic carbocycles. The predicted octanol–water partition coefficient (Wildman–Crippen LogP) is 5.20. The first-order valence-corrected chi connectivity index (χ1v) is 7.05. The zero-order valence-corrected chi connectivity index (χ0v) is 13.1. The van der Waals surface area contributed by atoms with Crippen molar-refractivity contribution in [3.05, 3.63) is 70.8 Å². The molecular formula is C19H24O. The third-order valence-corrected chi connectivity index (χ3v) is 3.22. The molecule has 0 bridgehead atoms. The Morgan fingerprint density at radius 2 is 1.85 bits per heavy atom. The van der Waals surface area contributed by atoms with Gasteiger partial charge in [0.15, 0.2) is 5.78 Å². The molecule has 0 amide bonds. The quantitative estimate of drug-likeness (QED) is 0.407. The van der Waals surface area contributed by atoms with E-state index in [4.69, 9.17) is 0 Å². The first-order valence-electron chi connectivity index (χ1n) is 7.05. The Balaban J connectivity index is 2.80. The van der Waals surface area contributed by atoms with E-state index in [0.29, 0.717) is 5.92 Å². The molecule has 0 atom stereocenters. The molecule has 0 saturated heterocycles. The van der Waals surface area contributed by atoms with Crippen molar-refractivity contribution in [3.63, 3.8) is 0 Å².